The minimum absolute atomic E-state index is 0.00369. The molecule has 118 valence electrons. The van der Waals surface area contributed by atoms with Gasteiger partial charge in [0.25, 0.3) is 0 Å². The maximum atomic E-state index is 12.2. The van der Waals surface area contributed by atoms with Crippen LogP contribution in [0.5, 0.6) is 0 Å². The monoisotopic (exact) mass is 301 g/mol. The summed E-state index contributed by atoms with van der Waals surface area (Å²) in [7, 11) is 0. The minimum Gasteiger partial charge on any atom is -0.465 e. The Bertz CT molecular complexity index is 428. The van der Waals surface area contributed by atoms with Crippen molar-refractivity contribution in [3.8, 4) is 0 Å². The van der Waals surface area contributed by atoms with Gasteiger partial charge in [0.05, 0.1) is 19.8 Å². The third-order valence-electron chi connectivity index (χ3n) is 3.10. The van der Waals surface area contributed by atoms with Gasteiger partial charge in [-0.2, -0.15) is 0 Å². The van der Waals surface area contributed by atoms with Crippen molar-refractivity contribution in [2.75, 3.05) is 26.4 Å². The van der Waals surface area contributed by atoms with Gasteiger partial charge in [0, 0.05) is 6.54 Å². The predicted octanol–water partition coefficient (Wildman–Crippen LogP) is -0.592. The summed E-state index contributed by atoms with van der Waals surface area (Å²) >= 11 is 0. The first kappa shape index (κ1) is 16.9. The van der Waals surface area contributed by atoms with Crippen LogP contribution in [0.3, 0.4) is 0 Å². The van der Waals surface area contributed by atoms with Crippen molar-refractivity contribution >= 4 is 23.8 Å². The number of rotatable bonds is 6. The molecule has 1 saturated heterocycles. The van der Waals surface area contributed by atoms with Crippen molar-refractivity contribution in [2.45, 2.75) is 20.8 Å². The number of carbonyl (C=O) groups is 4. The van der Waals surface area contributed by atoms with Gasteiger partial charge >= 0.3 is 17.9 Å². The van der Waals surface area contributed by atoms with Gasteiger partial charge in [-0.25, -0.2) is 0 Å². The van der Waals surface area contributed by atoms with E-state index in [2.05, 4.69) is 5.32 Å². The molecule has 0 aromatic heterocycles. The second-order valence-corrected chi connectivity index (χ2v) is 4.32. The quantitative estimate of drug-likeness (QED) is 0.397. The highest BCUT2D eigenvalue weighted by molar-refractivity contribution is 6.15. The lowest BCUT2D eigenvalue weighted by Crippen LogP contribution is -2.51. The maximum absolute atomic E-state index is 12.2. The molecule has 8 heteroatoms. The molecule has 1 N–H and O–H groups in total. The van der Waals surface area contributed by atoms with E-state index >= 15 is 0 Å². The molecule has 0 spiro atoms. The summed E-state index contributed by atoms with van der Waals surface area (Å²) in [4.78, 5) is 48.3. The van der Waals surface area contributed by atoms with Crippen molar-refractivity contribution in [1.29, 1.82) is 0 Å². The predicted molar refractivity (Wildman–Crippen MR) is 68.8 cm³/mol. The number of carbonyl (C=O) groups excluding carboxylic acids is 4. The van der Waals surface area contributed by atoms with E-state index in [-0.39, 0.29) is 26.4 Å². The average molecular weight is 301 g/mol. The van der Waals surface area contributed by atoms with E-state index < -0.39 is 35.1 Å². The van der Waals surface area contributed by atoms with Crippen molar-refractivity contribution in [1.82, 2.24) is 5.32 Å². The Morgan fingerprint density at radius 3 is 1.95 bits per heavy atom. The van der Waals surface area contributed by atoms with Crippen LogP contribution in [0.15, 0.2) is 0 Å². The molecule has 0 aromatic carbocycles. The van der Waals surface area contributed by atoms with Crippen LogP contribution in [0.4, 0.5) is 0 Å². The molecule has 1 amide bonds. The smallest absolute Gasteiger partial charge is 0.326 e. The number of hydrogen-bond donors (Lipinski definition) is 1. The Hall–Kier alpha value is -2.12. The number of ether oxygens (including phenoxy) is 3. The standard InChI is InChI=1S/C13H19NO7/c1-4-19-10(16)8-9(15)14-7-13(8,11(17)20-5-2)12(18)21-6-3/h8H,4-7H2,1-3H3,(H,14,15). The molecule has 8 nitrogen and oxygen atoms in total. The Balaban J connectivity index is 3.26. The Kier molecular flexibility index (Phi) is 5.69. The van der Waals surface area contributed by atoms with E-state index in [1.54, 1.807) is 20.8 Å². The zero-order chi connectivity index (χ0) is 16.0. The highest BCUT2D eigenvalue weighted by atomic mass is 16.6. The summed E-state index contributed by atoms with van der Waals surface area (Å²) in [5.41, 5.74) is -2.03. The molecule has 0 bridgehead atoms. The highest BCUT2D eigenvalue weighted by Crippen LogP contribution is 2.36. The van der Waals surface area contributed by atoms with Crippen LogP contribution in [0, 0.1) is 11.3 Å². The summed E-state index contributed by atoms with van der Waals surface area (Å²) < 4.78 is 14.5. The van der Waals surface area contributed by atoms with Gasteiger partial charge < -0.3 is 19.5 Å². The van der Waals surface area contributed by atoms with Crippen molar-refractivity contribution in [3.05, 3.63) is 0 Å². The molecule has 1 aliphatic rings. The van der Waals surface area contributed by atoms with Crippen LogP contribution in [-0.2, 0) is 33.4 Å². The second kappa shape index (κ2) is 7.05. The molecule has 0 radical (unpaired) electrons. The Morgan fingerprint density at radius 1 is 1.05 bits per heavy atom. The summed E-state index contributed by atoms with van der Waals surface area (Å²) in [6.07, 6.45) is 0. The lowest BCUT2D eigenvalue weighted by molar-refractivity contribution is -0.181. The van der Waals surface area contributed by atoms with Crippen molar-refractivity contribution in [2.24, 2.45) is 11.3 Å². The van der Waals surface area contributed by atoms with E-state index in [0.717, 1.165) is 0 Å². The summed E-state index contributed by atoms with van der Waals surface area (Å²) in [6, 6.07) is 0. The van der Waals surface area contributed by atoms with Crippen LogP contribution in [0.25, 0.3) is 0 Å². The fourth-order valence-corrected chi connectivity index (χ4v) is 2.17. The van der Waals surface area contributed by atoms with Gasteiger partial charge in [-0.15, -0.1) is 0 Å². The first-order chi connectivity index (χ1) is 9.95. The number of esters is 3. The zero-order valence-electron chi connectivity index (χ0n) is 12.3. The molecular weight excluding hydrogens is 282 g/mol. The fourth-order valence-electron chi connectivity index (χ4n) is 2.17. The van der Waals surface area contributed by atoms with Crippen LogP contribution >= 0.6 is 0 Å². The molecule has 1 atom stereocenters. The molecule has 0 aromatic rings. The number of hydrogen-bond acceptors (Lipinski definition) is 7. The van der Waals surface area contributed by atoms with Gasteiger partial charge in [-0.3, -0.25) is 19.2 Å². The molecule has 1 aliphatic heterocycles. The normalized spacial score (nSPS) is 19.6. The van der Waals surface area contributed by atoms with E-state index in [9.17, 15) is 19.2 Å². The van der Waals surface area contributed by atoms with Crippen molar-refractivity contribution < 1.29 is 33.4 Å². The van der Waals surface area contributed by atoms with Crippen LogP contribution in [-0.4, -0.2) is 50.2 Å². The molecule has 0 aliphatic carbocycles. The number of amides is 1. The Labute approximate surface area is 122 Å². The second-order valence-electron chi connectivity index (χ2n) is 4.32. The summed E-state index contributed by atoms with van der Waals surface area (Å²) in [6.45, 7) is 4.34. The highest BCUT2D eigenvalue weighted by Gasteiger charge is 2.65. The largest absolute Gasteiger partial charge is 0.465 e. The molecular formula is C13H19NO7. The Morgan fingerprint density at radius 2 is 1.52 bits per heavy atom. The minimum atomic E-state index is -2.03. The van der Waals surface area contributed by atoms with E-state index in [1.165, 1.54) is 0 Å². The average Bonchev–Trinajstić information content (AvgIpc) is 2.78. The van der Waals surface area contributed by atoms with Gasteiger partial charge in [-0.1, -0.05) is 0 Å². The van der Waals surface area contributed by atoms with Gasteiger partial charge in [0.15, 0.2) is 5.92 Å². The summed E-state index contributed by atoms with van der Waals surface area (Å²) in [5, 5.41) is 2.34. The van der Waals surface area contributed by atoms with Crippen molar-refractivity contribution in [3.63, 3.8) is 0 Å². The third-order valence-corrected chi connectivity index (χ3v) is 3.10. The molecule has 1 heterocycles. The summed E-state index contributed by atoms with van der Waals surface area (Å²) in [5.74, 6) is -5.25. The molecule has 0 saturated carbocycles. The van der Waals surface area contributed by atoms with E-state index in [4.69, 9.17) is 14.2 Å². The molecule has 1 rings (SSSR count). The first-order valence-corrected chi connectivity index (χ1v) is 6.74. The zero-order valence-corrected chi connectivity index (χ0v) is 12.3. The van der Waals surface area contributed by atoms with Crippen LogP contribution in [0.2, 0.25) is 0 Å². The van der Waals surface area contributed by atoms with Crippen LogP contribution in [0.1, 0.15) is 20.8 Å². The lowest BCUT2D eigenvalue weighted by Gasteiger charge is -2.26. The lowest BCUT2D eigenvalue weighted by atomic mass is 9.77. The maximum Gasteiger partial charge on any atom is 0.326 e. The number of nitrogens with one attached hydrogen (secondary N) is 1. The van der Waals surface area contributed by atoms with Gasteiger partial charge in [0.1, 0.15) is 0 Å². The molecule has 21 heavy (non-hydrogen) atoms. The van der Waals surface area contributed by atoms with Gasteiger partial charge in [-0.05, 0) is 20.8 Å². The van der Waals surface area contributed by atoms with E-state index in [1.807, 2.05) is 0 Å². The topological polar surface area (TPSA) is 108 Å². The first-order valence-electron chi connectivity index (χ1n) is 6.74. The third kappa shape index (κ3) is 2.98. The molecule has 1 unspecified atom stereocenters. The van der Waals surface area contributed by atoms with E-state index in [0.29, 0.717) is 0 Å². The van der Waals surface area contributed by atoms with Gasteiger partial charge in [0.2, 0.25) is 11.3 Å². The molecule has 1 fully saturated rings. The fraction of sp³-hybridized carbons (Fsp3) is 0.692. The SMILES string of the molecule is CCOC(=O)C1C(=O)NCC1(C(=O)OCC)C(=O)OCC. The van der Waals surface area contributed by atoms with Crippen LogP contribution < -0.4 is 5.32 Å².